The summed E-state index contributed by atoms with van der Waals surface area (Å²) in [6.45, 7) is 2.43. The van der Waals surface area contributed by atoms with Crippen LogP contribution in [0.1, 0.15) is 22.2 Å². The van der Waals surface area contributed by atoms with E-state index in [-0.39, 0.29) is 18.1 Å². The fraction of sp³-hybridized carbons (Fsp3) is 0.250. The van der Waals surface area contributed by atoms with Gasteiger partial charge in [-0.1, -0.05) is 0 Å². The number of hydrogen-bond donors (Lipinski definition) is 2. The number of benzene rings is 1. The molecule has 30 heavy (non-hydrogen) atoms. The minimum Gasteiger partial charge on any atom is -0.377 e. The molecular weight excluding hydrogens is 386 g/mol. The van der Waals surface area contributed by atoms with Crippen molar-refractivity contribution in [3.05, 3.63) is 70.5 Å². The van der Waals surface area contributed by atoms with E-state index in [9.17, 15) is 9.59 Å². The maximum Gasteiger partial charge on any atom is 0.267 e. The number of amides is 1. The number of H-pyrrole nitrogens is 1. The molecule has 3 aromatic heterocycles. The lowest BCUT2D eigenvalue weighted by molar-refractivity contribution is 0.0925. The quantitative estimate of drug-likeness (QED) is 0.522. The van der Waals surface area contributed by atoms with Gasteiger partial charge in [-0.2, -0.15) is 5.10 Å². The van der Waals surface area contributed by atoms with Crippen LogP contribution in [0.2, 0.25) is 0 Å². The molecule has 4 heterocycles. The Balaban J connectivity index is 1.40. The second kappa shape index (κ2) is 7.23. The number of nitrogens with zero attached hydrogens (tertiary/aromatic N) is 5. The first kappa shape index (κ1) is 18.3. The molecule has 1 amide bonds. The molecule has 152 valence electrons. The Hall–Kier alpha value is -3.79. The van der Waals surface area contributed by atoms with Gasteiger partial charge < -0.3 is 15.0 Å². The number of nitrogens with one attached hydrogen (secondary N) is 2. The first-order valence-corrected chi connectivity index (χ1v) is 9.53. The van der Waals surface area contributed by atoms with Gasteiger partial charge in [0, 0.05) is 24.0 Å². The zero-order valence-corrected chi connectivity index (χ0v) is 16.1. The van der Waals surface area contributed by atoms with E-state index in [2.05, 4.69) is 25.5 Å². The number of aromatic amines is 1. The third-order valence-corrected chi connectivity index (χ3v) is 5.09. The molecule has 0 saturated carbocycles. The molecule has 1 aliphatic heterocycles. The van der Waals surface area contributed by atoms with Crippen LogP contribution in [0.5, 0.6) is 0 Å². The average molecular weight is 405 g/mol. The maximum absolute atomic E-state index is 12.8. The second-order valence-corrected chi connectivity index (χ2v) is 7.16. The highest BCUT2D eigenvalue weighted by molar-refractivity contribution is 5.97. The number of hydrogen-bond acceptors (Lipinski definition) is 6. The van der Waals surface area contributed by atoms with E-state index in [1.165, 1.54) is 10.7 Å². The van der Waals surface area contributed by atoms with Crippen LogP contribution in [-0.2, 0) is 4.74 Å². The standard InChI is InChI=1S/C20H19N7O3/c1-12-22-14-4-3-13(9-15(14)23-12)20(29)24-16-10-30-11-17(16)27-19(28)6-5-18(25-27)26-8-2-7-21-26/h2-9,16-17H,10-11H2,1H3,(H,22,23)(H,24,29). The molecule has 1 aromatic carbocycles. The summed E-state index contributed by atoms with van der Waals surface area (Å²) in [5.74, 6) is 1.05. The van der Waals surface area contributed by atoms with Crippen molar-refractivity contribution in [3.8, 4) is 5.82 Å². The van der Waals surface area contributed by atoms with Crippen molar-refractivity contribution in [3.63, 3.8) is 0 Å². The summed E-state index contributed by atoms with van der Waals surface area (Å²) in [7, 11) is 0. The number of aromatic nitrogens is 6. The Kier molecular flexibility index (Phi) is 4.40. The monoisotopic (exact) mass is 405 g/mol. The van der Waals surface area contributed by atoms with E-state index >= 15 is 0 Å². The van der Waals surface area contributed by atoms with Crippen LogP contribution in [0.4, 0.5) is 0 Å². The first-order chi connectivity index (χ1) is 14.6. The summed E-state index contributed by atoms with van der Waals surface area (Å²) < 4.78 is 8.49. The Morgan fingerprint density at radius 1 is 1.27 bits per heavy atom. The summed E-state index contributed by atoms with van der Waals surface area (Å²) >= 11 is 0. The van der Waals surface area contributed by atoms with Gasteiger partial charge in [-0.15, -0.1) is 5.10 Å². The number of imidazole rings is 1. The van der Waals surface area contributed by atoms with Gasteiger partial charge in [-0.3, -0.25) is 9.59 Å². The molecular formula is C20H19N7O3. The molecule has 1 aliphatic rings. The number of ether oxygens (including phenoxy) is 1. The highest BCUT2D eigenvalue weighted by Gasteiger charge is 2.33. The van der Waals surface area contributed by atoms with Crippen molar-refractivity contribution >= 4 is 16.9 Å². The summed E-state index contributed by atoms with van der Waals surface area (Å²) in [6, 6.07) is 9.30. The summed E-state index contributed by atoms with van der Waals surface area (Å²) in [4.78, 5) is 32.8. The fourth-order valence-electron chi connectivity index (χ4n) is 3.63. The molecule has 2 unspecified atom stereocenters. The van der Waals surface area contributed by atoms with Crippen LogP contribution >= 0.6 is 0 Å². The van der Waals surface area contributed by atoms with Crippen molar-refractivity contribution in [1.29, 1.82) is 0 Å². The Labute approximate surface area is 170 Å². The molecule has 2 atom stereocenters. The van der Waals surface area contributed by atoms with Crippen LogP contribution in [0.25, 0.3) is 16.9 Å². The largest absolute Gasteiger partial charge is 0.377 e. The summed E-state index contributed by atoms with van der Waals surface area (Å²) in [5, 5.41) is 11.6. The van der Waals surface area contributed by atoms with E-state index in [4.69, 9.17) is 4.74 Å². The zero-order valence-electron chi connectivity index (χ0n) is 16.1. The molecule has 2 N–H and O–H groups in total. The van der Waals surface area contributed by atoms with Crippen LogP contribution in [-0.4, -0.2) is 54.7 Å². The lowest BCUT2D eigenvalue weighted by atomic mass is 10.1. The smallest absolute Gasteiger partial charge is 0.267 e. The lowest BCUT2D eigenvalue weighted by Gasteiger charge is -2.20. The minimum atomic E-state index is -0.421. The molecule has 5 rings (SSSR count). The summed E-state index contributed by atoms with van der Waals surface area (Å²) in [6.07, 6.45) is 3.38. The third kappa shape index (κ3) is 3.26. The number of carbonyl (C=O) groups excluding carboxylic acids is 1. The first-order valence-electron chi connectivity index (χ1n) is 9.53. The highest BCUT2D eigenvalue weighted by atomic mass is 16.5. The molecule has 1 fully saturated rings. The fourth-order valence-corrected chi connectivity index (χ4v) is 3.63. The van der Waals surface area contributed by atoms with Crippen LogP contribution in [0, 0.1) is 6.92 Å². The van der Waals surface area contributed by atoms with Gasteiger partial charge in [0.2, 0.25) is 0 Å². The van der Waals surface area contributed by atoms with E-state index in [0.717, 1.165) is 16.9 Å². The average Bonchev–Trinajstić information content (AvgIpc) is 3.48. The van der Waals surface area contributed by atoms with Gasteiger partial charge in [0.1, 0.15) is 11.9 Å². The van der Waals surface area contributed by atoms with Crippen molar-refractivity contribution in [2.24, 2.45) is 0 Å². The topological polar surface area (TPSA) is 120 Å². The van der Waals surface area contributed by atoms with E-state index in [0.29, 0.717) is 18.0 Å². The molecule has 0 aliphatic carbocycles. The van der Waals surface area contributed by atoms with Crippen LogP contribution in [0.15, 0.2) is 53.6 Å². The summed E-state index contributed by atoms with van der Waals surface area (Å²) in [5.41, 5.74) is 1.83. The molecule has 0 spiro atoms. The van der Waals surface area contributed by atoms with Gasteiger partial charge in [0.25, 0.3) is 11.5 Å². The van der Waals surface area contributed by atoms with Crippen molar-refractivity contribution in [2.75, 3.05) is 13.2 Å². The van der Waals surface area contributed by atoms with E-state index in [1.54, 1.807) is 47.4 Å². The Bertz CT molecular complexity index is 1280. The Morgan fingerprint density at radius 2 is 2.17 bits per heavy atom. The predicted octanol–water partition coefficient (Wildman–Crippen LogP) is 0.984. The van der Waals surface area contributed by atoms with E-state index < -0.39 is 12.1 Å². The van der Waals surface area contributed by atoms with Crippen molar-refractivity contribution < 1.29 is 9.53 Å². The SMILES string of the molecule is Cc1nc2ccc(C(=O)NC3COCC3n3nc(-n4cccn4)ccc3=O)cc2[nH]1. The normalized spacial score (nSPS) is 18.7. The molecule has 0 radical (unpaired) electrons. The lowest BCUT2D eigenvalue weighted by Crippen LogP contribution is -2.44. The number of aryl methyl sites for hydroxylation is 1. The van der Waals surface area contributed by atoms with Crippen molar-refractivity contribution in [1.82, 2.24) is 34.8 Å². The molecule has 0 bridgehead atoms. The minimum absolute atomic E-state index is 0.249. The molecule has 4 aromatic rings. The van der Waals surface area contributed by atoms with E-state index in [1.807, 2.05) is 6.92 Å². The molecule has 1 saturated heterocycles. The highest BCUT2D eigenvalue weighted by Crippen LogP contribution is 2.19. The second-order valence-electron chi connectivity index (χ2n) is 7.16. The van der Waals surface area contributed by atoms with Gasteiger partial charge in [0.15, 0.2) is 5.82 Å². The molecule has 10 nitrogen and oxygen atoms in total. The van der Waals surface area contributed by atoms with Gasteiger partial charge in [0.05, 0.1) is 30.3 Å². The van der Waals surface area contributed by atoms with Gasteiger partial charge in [-0.25, -0.2) is 14.3 Å². The maximum atomic E-state index is 12.8. The number of fused-ring (bicyclic) bond motifs is 1. The molecule has 10 heteroatoms. The Morgan fingerprint density at radius 3 is 3.00 bits per heavy atom. The van der Waals surface area contributed by atoms with Gasteiger partial charge in [-0.05, 0) is 37.3 Å². The third-order valence-electron chi connectivity index (χ3n) is 5.09. The number of rotatable bonds is 4. The van der Waals surface area contributed by atoms with Crippen LogP contribution < -0.4 is 10.9 Å². The zero-order chi connectivity index (χ0) is 20.7. The van der Waals surface area contributed by atoms with Gasteiger partial charge >= 0.3 is 0 Å². The number of carbonyl (C=O) groups is 1. The predicted molar refractivity (Wildman–Crippen MR) is 108 cm³/mol. The van der Waals surface area contributed by atoms with Crippen molar-refractivity contribution in [2.45, 2.75) is 19.0 Å². The van der Waals surface area contributed by atoms with Crippen LogP contribution in [0.3, 0.4) is 0 Å².